The quantitative estimate of drug-likeness (QED) is 0.487. The van der Waals surface area contributed by atoms with Crippen LogP contribution in [0.4, 0.5) is 8.78 Å². The minimum Gasteiger partial charge on any atom is -0.508 e. The molecule has 1 saturated heterocycles. The number of carbonyl (C=O) groups excluding carboxylic acids is 1. The fourth-order valence-corrected chi connectivity index (χ4v) is 4.53. The lowest BCUT2D eigenvalue weighted by atomic mass is 9.83. The highest BCUT2D eigenvalue weighted by Crippen LogP contribution is 2.41. The summed E-state index contributed by atoms with van der Waals surface area (Å²) < 4.78 is 28.7. The van der Waals surface area contributed by atoms with Crippen molar-refractivity contribution in [1.29, 1.82) is 0 Å². The van der Waals surface area contributed by atoms with Crippen LogP contribution in [0.25, 0.3) is 5.57 Å². The minimum atomic E-state index is -1.57. The Balaban J connectivity index is 1.46. The third kappa shape index (κ3) is 4.60. The summed E-state index contributed by atoms with van der Waals surface area (Å²) in [5.74, 6) is -0.152. The molecule has 1 aliphatic heterocycles. The highest BCUT2D eigenvalue weighted by Gasteiger charge is 2.43. The van der Waals surface area contributed by atoms with E-state index in [0.29, 0.717) is 24.0 Å². The molecule has 4 rings (SSSR count). The van der Waals surface area contributed by atoms with E-state index in [2.05, 4.69) is 0 Å². The molecule has 4 nitrogen and oxygen atoms in total. The Labute approximate surface area is 186 Å². The number of nitrogens with zero attached hydrogens (tertiary/aromatic N) is 1. The van der Waals surface area contributed by atoms with Crippen molar-refractivity contribution < 1.29 is 23.8 Å². The minimum absolute atomic E-state index is 0.0386. The Morgan fingerprint density at radius 2 is 1.91 bits per heavy atom. The van der Waals surface area contributed by atoms with Crippen LogP contribution in [0.3, 0.4) is 0 Å². The zero-order valence-corrected chi connectivity index (χ0v) is 17.9. The lowest BCUT2D eigenvalue weighted by Crippen LogP contribution is -2.52. The van der Waals surface area contributed by atoms with E-state index in [-0.39, 0.29) is 42.4 Å². The summed E-state index contributed by atoms with van der Waals surface area (Å²) in [6.07, 6.45) is 5.42. The molecule has 2 aliphatic rings. The topological polar surface area (TPSA) is 60.8 Å². The molecule has 1 aliphatic carbocycles. The summed E-state index contributed by atoms with van der Waals surface area (Å²) in [5.41, 5.74) is 0.601. The van der Waals surface area contributed by atoms with Crippen LogP contribution in [0, 0.1) is 5.82 Å². The molecule has 1 heterocycles. The summed E-state index contributed by atoms with van der Waals surface area (Å²) in [7, 11) is 0. The van der Waals surface area contributed by atoms with Crippen LogP contribution >= 0.6 is 0 Å². The predicted octanol–water partition coefficient (Wildman–Crippen LogP) is 5.09. The van der Waals surface area contributed by atoms with Crippen molar-refractivity contribution in [1.82, 2.24) is 4.90 Å². The molecule has 0 spiro atoms. The second-order valence-corrected chi connectivity index (χ2v) is 8.66. The molecule has 6 heteroatoms. The monoisotopic (exact) mass is 439 g/mol. The Kier molecular flexibility index (Phi) is 6.15. The van der Waals surface area contributed by atoms with Crippen LogP contribution in [0.5, 0.6) is 5.75 Å². The van der Waals surface area contributed by atoms with Gasteiger partial charge in [0.05, 0.1) is 24.6 Å². The SMILES string of the molecule is CC(O)/C(=C/CC1(F)C=CC(N2C(=O)C[C@H]2c2ccc(O)cc2)CC1)c1ccc(F)cc1. The molecule has 0 bridgehead atoms. The molecule has 0 radical (unpaired) electrons. The molecular formula is C26H27F2NO3. The first kappa shape index (κ1) is 22.2. The first-order chi connectivity index (χ1) is 15.3. The van der Waals surface area contributed by atoms with Crippen molar-refractivity contribution in [3.63, 3.8) is 0 Å². The molecule has 1 fully saturated rings. The largest absolute Gasteiger partial charge is 0.508 e. The smallest absolute Gasteiger partial charge is 0.226 e. The Morgan fingerprint density at radius 3 is 2.47 bits per heavy atom. The number of amides is 1. The van der Waals surface area contributed by atoms with Gasteiger partial charge in [-0.2, -0.15) is 0 Å². The standard InChI is InChI=1S/C26H27F2NO3/c1-17(30)23(18-2-6-20(27)7-3-18)12-15-26(28)13-10-21(11-14-26)29-24(16-25(29)32)19-4-8-22(31)9-5-19/h2-10,12-13,17,21,24,30-31H,11,14-16H2,1H3/b23-12-/t17?,21?,24-,26?/m0/s1. The fourth-order valence-electron chi connectivity index (χ4n) is 4.53. The van der Waals surface area contributed by atoms with E-state index >= 15 is 4.39 Å². The van der Waals surface area contributed by atoms with Crippen molar-refractivity contribution in [3.8, 4) is 5.75 Å². The Morgan fingerprint density at radius 1 is 1.22 bits per heavy atom. The average molecular weight is 440 g/mol. The molecule has 1 amide bonds. The van der Waals surface area contributed by atoms with Gasteiger partial charge in [0.15, 0.2) is 0 Å². The number of phenols is 1. The number of rotatable bonds is 6. The van der Waals surface area contributed by atoms with Gasteiger partial charge in [0, 0.05) is 6.42 Å². The molecule has 0 saturated carbocycles. The lowest BCUT2D eigenvalue weighted by molar-refractivity contribution is -0.149. The van der Waals surface area contributed by atoms with Gasteiger partial charge in [-0.3, -0.25) is 4.79 Å². The number of likely N-dealkylation sites (tertiary alicyclic amines) is 1. The molecule has 0 aromatic heterocycles. The fraction of sp³-hybridized carbons (Fsp3) is 0.346. The van der Waals surface area contributed by atoms with E-state index in [9.17, 15) is 19.4 Å². The van der Waals surface area contributed by atoms with E-state index in [1.165, 1.54) is 18.2 Å². The molecular weight excluding hydrogens is 412 g/mol. The number of halogens is 2. The number of carbonyl (C=O) groups is 1. The number of hydrogen-bond donors (Lipinski definition) is 2. The van der Waals surface area contributed by atoms with Crippen LogP contribution in [-0.2, 0) is 4.79 Å². The number of β-lactam (4-membered cyclic amide) rings is 1. The first-order valence-electron chi connectivity index (χ1n) is 10.9. The third-order valence-electron chi connectivity index (χ3n) is 6.39. The number of allylic oxidation sites excluding steroid dienone is 2. The summed E-state index contributed by atoms with van der Waals surface area (Å²) in [5, 5.41) is 19.6. The molecule has 3 unspecified atom stereocenters. The number of alkyl halides is 1. The van der Waals surface area contributed by atoms with Gasteiger partial charge in [-0.1, -0.05) is 36.4 Å². The van der Waals surface area contributed by atoms with Crippen molar-refractivity contribution in [3.05, 3.63) is 83.7 Å². The highest BCUT2D eigenvalue weighted by atomic mass is 19.1. The molecule has 32 heavy (non-hydrogen) atoms. The molecule has 2 N–H and O–H groups in total. The normalized spacial score (nSPS) is 26.7. The maximum absolute atomic E-state index is 15.5. The van der Waals surface area contributed by atoms with E-state index in [4.69, 9.17) is 0 Å². The molecule has 168 valence electrons. The Hall–Kier alpha value is -2.99. The summed E-state index contributed by atoms with van der Waals surface area (Å²) in [6.45, 7) is 1.60. The number of benzene rings is 2. The van der Waals surface area contributed by atoms with Gasteiger partial charge in [-0.05, 0) is 66.8 Å². The van der Waals surface area contributed by atoms with E-state index in [0.717, 1.165) is 5.56 Å². The maximum atomic E-state index is 15.5. The van der Waals surface area contributed by atoms with Gasteiger partial charge in [0.1, 0.15) is 17.2 Å². The van der Waals surface area contributed by atoms with Crippen LogP contribution in [-0.4, -0.2) is 38.8 Å². The number of aliphatic hydroxyl groups excluding tert-OH is 1. The molecule has 2 aromatic carbocycles. The molecule has 2 aromatic rings. The Bertz CT molecular complexity index is 1030. The summed E-state index contributed by atoms with van der Waals surface area (Å²) in [4.78, 5) is 14.1. The number of aliphatic hydroxyl groups is 1. The zero-order chi connectivity index (χ0) is 22.9. The highest BCUT2D eigenvalue weighted by molar-refractivity contribution is 5.84. The number of phenolic OH excluding ortho intramolecular Hbond substituents is 1. The van der Waals surface area contributed by atoms with Gasteiger partial charge in [-0.15, -0.1) is 0 Å². The van der Waals surface area contributed by atoms with Gasteiger partial charge in [0.25, 0.3) is 0 Å². The maximum Gasteiger partial charge on any atom is 0.226 e. The second kappa shape index (κ2) is 8.87. The van der Waals surface area contributed by atoms with Crippen molar-refractivity contribution in [2.45, 2.75) is 56.5 Å². The van der Waals surface area contributed by atoms with Crippen LogP contribution < -0.4 is 0 Å². The van der Waals surface area contributed by atoms with Gasteiger partial charge >= 0.3 is 0 Å². The second-order valence-electron chi connectivity index (χ2n) is 8.66. The predicted molar refractivity (Wildman–Crippen MR) is 119 cm³/mol. The average Bonchev–Trinajstić information content (AvgIpc) is 2.76. The van der Waals surface area contributed by atoms with Crippen LogP contribution in [0.1, 0.15) is 49.8 Å². The van der Waals surface area contributed by atoms with Crippen LogP contribution in [0.2, 0.25) is 0 Å². The first-order valence-corrected chi connectivity index (χ1v) is 10.9. The van der Waals surface area contributed by atoms with Gasteiger partial charge in [-0.25, -0.2) is 8.78 Å². The summed E-state index contributed by atoms with van der Waals surface area (Å²) in [6, 6.07) is 12.4. The van der Waals surface area contributed by atoms with Crippen molar-refractivity contribution >= 4 is 11.5 Å². The van der Waals surface area contributed by atoms with E-state index in [1.807, 2.05) is 12.1 Å². The number of hydrogen-bond acceptors (Lipinski definition) is 3. The van der Waals surface area contributed by atoms with Crippen molar-refractivity contribution in [2.75, 3.05) is 0 Å². The van der Waals surface area contributed by atoms with Gasteiger partial charge in [0.2, 0.25) is 5.91 Å². The van der Waals surface area contributed by atoms with E-state index < -0.39 is 11.8 Å². The van der Waals surface area contributed by atoms with Crippen molar-refractivity contribution in [2.24, 2.45) is 0 Å². The third-order valence-corrected chi connectivity index (χ3v) is 6.39. The molecule has 4 atom stereocenters. The van der Waals surface area contributed by atoms with Crippen LogP contribution in [0.15, 0.2) is 66.8 Å². The lowest BCUT2D eigenvalue weighted by Gasteiger charge is -2.47. The number of aromatic hydroxyl groups is 1. The zero-order valence-electron chi connectivity index (χ0n) is 17.9. The van der Waals surface area contributed by atoms with Gasteiger partial charge < -0.3 is 15.1 Å². The summed E-state index contributed by atoms with van der Waals surface area (Å²) >= 11 is 0. The van der Waals surface area contributed by atoms with E-state index in [1.54, 1.807) is 48.2 Å².